The van der Waals surface area contributed by atoms with Crippen molar-refractivity contribution in [3.8, 4) is 0 Å². The second-order valence-corrected chi connectivity index (χ2v) is 8.66. The maximum atomic E-state index is 12.6. The predicted molar refractivity (Wildman–Crippen MR) is 95.7 cm³/mol. The minimum Gasteiger partial charge on any atom is -0.345 e. The van der Waals surface area contributed by atoms with E-state index in [2.05, 4.69) is 22.4 Å². The minimum absolute atomic E-state index is 0.000676. The summed E-state index contributed by atoms with van der Waals surface area (Å²) in [4.78, 5) is 32.4. The van der Waals surface area contributed by atoms with Crippen LogP contribution in [0.25, 0.3) is 0 Å². The maximum absolute atomic E-state index is 12.6. The topological polar surface area (TPSA) is 43.9 Å². The number of hydrogen-bond donors (Lipinski definition) is 0. The summed E-state index contributed by atoms with van der Waals surface area (Å²) < 4.78 is 0. The van der Waals surface area contributed by atoms with Crippen molar-refractivity contribution in [1.82, 2.24) is 14.7 Å². The second-order valence-electron chi connectivity index (χ2n) is 7.63. The van der Waals surface area contributed by atoms with Gasteiger partial charge in [0.05, 0.1) is 0 Å². The molecule has 2 saturated heterocycles. The summed E-state index contributed by atoms with van der Waals surface area (Å²) in [6, 6.07) is 4.24. The molecule has 3 rings (SSSR count). The lowest BCUT2D eigenvalue weighted by molar-refractivity contribution is -0.135. The highest BCUT2D eigenvalue weighted by Crippen LogP contribution is 2.35. The molecule has 0 N–H and O–H groups in total. The van der Waals surface area contributed by atoms with Crippen molar-refractivity contribution in [2.75, 3.05) is 39.8 Å². The van der Waals surface area contributed by atoms with Gasteiger partial charge in [-0.1, -0.05) is 19.9 Å². The average Bonchev–Trinajstić information content (AvgIpc) is 3.06. The molecule has 2 fully saturated rings. The van der Waals surface area contributed by atoms with Crippen molar-refractivity contribution in [2.24, 2.45) is 11.3 Å². The number of thiophene rings is 1. The van der Waals surface area contributed by atoms with Crippen LogP contribution in [0.1, 0.15) is 25.1 Å². The summed E-state index contributed by atoms with van der Waals surface area (Å²) in [5.41, 5.74) is -0.135. The molecule has 1 aromatic rings. The van der Waals surface area contributed by atoms with Crippen LogP contribution in [-0.2, 0) is 16.1 Å². The first-order valence-electron chi connectivity index (χ1n) is 8.66. The lowest BCUT2D eigenvalue weighted by Crippen LogP contribution is -2.45. The smallest absolute Gasteiger partial charge is 0.225 e. The average molecular weight is 350 g/mol. The summed E-state index contributed by atoms with van der Waals surface area (Å²) >= 11 is 1.77. The van der Waals surface area contributed by atoms with Crippen LogP contribution in [0.3, 0.4) is 0 Å². The van der Waals surface area contributed by atoms with Crippen LogP contribution in [-0.4, -0.2) is 66.3 Å². The zero-order valence-electron chi connectivity index (χ0n) is 14.8. The van der Waals surface area contributed by atoms with Gasteiger partial charge in [0.2, 0.25) is 11.8 Å². The molecule has 132 valence electrons. The zero-order chi connectivity index (χ0) is 17.3. The van der Waals surface area contributed by atoms with Gasteiger partial charge in [-0.05, 0) is 11.4 Å². The molecule has 1 aromatic heterocycles. The number of carbonyl (C=O) groups excluding carboxylic acids is 2. The fourth-order valence-electron chi connectivity index (χ4n) is 3.98. The Morgan fingerprint density at radius 2 is 2.08 bits per heavy atom. The highest BCUT2D eigenvalue weighted by molar-refractivity contribution is 7.09. The van der Waals surface area contributed by atoms with E-state index in [1.807, 2.05) is 30.7 Å². The molecule has 0 aromatic carbocycles. The normalized spacial score (nSPS) is 25.8. The molecule has 6 heteroatoms. The molecular formula is C18H27N3O2S. The van der Waals surface area contributed by atoms with E-state index in [-0.39, 0.29) is 23.1 Å². The number of rotatable bonds is 3. The monoisotopic (exact) mass is 349 g/mol. The minimum atomic E-state index is -0.135. The summed E-state index contributed by atoms with van der Waals surface area (Å²) in [5.74, 6) is 0.403. The third-order valence-corrected chi connectivity index (χ3v) is 5.92. The predicted octanol–water partition coefficient (Wildman–Crippen LogP) is 1.90. The van der Waals surface area contributed by atoms with Crippen LogP contribution < -0.4 is 0 Å². The highest BCUT2D eigenvalue weighted by Gasteiger charge is 2.46. The standard InChI is InChI=1S/C18H27N3O2S/c1-14(2)17(23)21-7-6-20(10-15-5-4-8-24-15)12-18(13-21)9-16(22)19(3)11-18/h4-5,8,14H,6-7,9-13H2,1-3H3/t18-/m1/s1. The first-order valence-corrected chi connectivity index (χ1v) is 9.54. The van der Waals surface area contributed by atoms with E-state index in [0.717, 1.165) is 32.7 Å². The lowest BCUT2D eigenvalue weighted by Gasteiger charge is -2.33. The number of hydrogen-bond acceptors (Lipinski definition) is 4. The van der Waals surface area contributed by atoms with Crippen molar-refractivity contribution in [1.29, 1.82) is 0 Å². The molecule has 0 bridgehead atoms. The van der Waals surface area contributed by atoms with Gasteiger partial charge in [0.1, 0.15) is 0 Å². The van der Waals surface area contributed by atoms with Crippen molar-refractivity contribution in [3.05, 3.63) is 22.4 Å². The molecule has 0 unspecified atom stereocenters. The van der Waals surface area contributed by atoms with Crippen LogP contribution >= 0.6 is 11.3 Å². The van der Waals surface area contributed by atoms with Crippen LogP contribution in [0, 0.1) is 11.3 Å². The van der Waals surface area contributed by atoms with Crippen molar-refractivity contribution >= 4 is 23.2 Å². The van der Waals surface area contributed by atoms with Gasteiger partial charge < -0.3 is 9.80 Å². The molecule has 1 atom stereocenters. The van der Waals surface area contributed by atoms with E-state index >= 15 is 0 Å². The third kappa shape index (κ3) is 3.64. The Labute approximate surface area is 148 Å². The first kappa shape index (κ1) is 17.4. The molecule has 24 heavy (non-hydrogen) atoms. The molecule has 0 radical (unpaired) electrons. The largest absolute Gasteiger partial charge is 0.345 e. The Morgan fingerprint density at radius 3 is 2.67 bits per heavy atom. The molecule has 3 heterocycles. The van der Waals surface area contributed by atoms with Gasteiger partial charge >= 0.3 is 0 Å². The lowest BCUT2D eigenvalue weighted by atomic mass is 9.85. The number of nitrogens with zero attached hydrogens (tertiary/aromatic N) is 3. The van der Waals surface area contributed by atoms with E-state index < -0.39 is 0 Å². The van der Waals surface area contributed by atoms with E-state index in [1.54, 1.807) is 11.3 Å². The first-order chi connectivity index (χ1) is 11.4. The molecule has 0 saturated carbocycles. The zero-order valence-corrected chi connectivity index (χ0v) is 15.6. The molecular weight excluding hydrogens is 322 g/mol. The van der Waals surface area contributed by atoms with Crippen LogP contribution in [0.15, 0.2) is 17.5 Å². The summed E-state index contributed by atoms with van der Waals surface area (Å²) in [6.45, 7) is 8.75. The van der Waals surface area contributed by atoms with Crippen LogP contribution in [0.4, 0.5) is 0 Å². The van der Waals surface area contributed by atoms with Crippen molar-refractivity contribution in [3.63, 3.8) is 0 Å². The Bertz CT molecular complexity index is 601. The van der Waals surface area contributed by atoms with Gasteiger partial charge in [0.15, 0.2) is 0 Å². The summed E-state index contributed by atoms with van der Waals surface area (Å²) in [5, 5.41) is 2.10. The molecule has 2 amide bonds. The van der Waals surface area contributed by atoms with Crippen LogP contribution in [0.2, 0.25) is 0 Å². The molecule has 1 spiro atoms. The van der Waals surface area contributed by atoms with Gasteiger partial charge in [0, 0.05) is 68.9 Å². The number of likely N-dealkylation sites (tertiary alicyclic amines) is 1. The van der Waals surface area contributed by atoms with E-state index in [9.17, 15) is 9.59 Å². The Kier molecular flexibility index (Phi) is 4.97. The molecule has 2 aliphatic rings. The van der Waals surface area contributed by atoms with Crippen molar-refractivity contribution in [2.45, 2.75) is 26.8 Å². The Morgan fingerprint density at radius 1 is 1.29 bits per heavy atom. The molecule has 0 aliphatic carbocycles. The van der Waals surface area contributed by atoms with Crippen LogP contribution in [0.5, 0.6) is 0 Å². The summed E-state index contributed by atoms with van der Waals surface area (Å²) in [7, 11) is 1.88. The highest BCUT2D eigenvalue weighted by atomic mass is 32.1. The molecule has 5 nitrogen and oxygen atoms in total. The summed E-state index contributed by atoms with van der Waals surface area (Å²) in [6.07, 6.45) is 0.548. The number of amides is 2. The third-order valence-electron chi connectivity index (χ3n) is 5.06. The van der Waals surface area contributed by atoms with Crippen molar-refractivity contribution < 1.29 is 9.59 Å². The van der Waals surface area contributed by atoms with Gasteiger partial charge in [-0.3, -0.25) is 14.5 Å². The quantitative estimate of drug-likeness (QED) is 0.837. The Balaban J connectivity index is 1.81. The van der Waals surface area contributed by atoms with E-state index in [0.29, 0.717) is 13.0 Å². The van der Waals surface area contributed by atoms with Gasteiger partial charge in [0.25, 0.3) is 0 Å². The van der Waals surface area contributed by atoms with E-state index in [1.165, 1.54) is 4.88 Å². The Hall–Kier alpha value is -1.40. The molecule has 2 aliphatic heterocycles. The fraction of sp³-hybridized carbons (Fsp3) is 0.667. The second kappa shape index (κ2) is 6.84. The fourth-order valence-corrected chi connectivity index (χ4v) is 4.72. The number of carbonyl (C=O) groups is 2. The SMILES string of the molecule is CC(C)C(=O)N1CCN(Cc2cccs2)C[C@]2(CC(=O)N(C)C2)C1. The van der Waals surface area contributed by atoms with E-state index in [4.69, 9.17) is 0 Å². The van der Waals surface area contributed by atoms with Gasteiger partial charge in [-0.15, -0.1) is 11.3 Å². The van der Waals surface area contributed by atoms with Gasteiger partial charge in [-0.25, -0.2) is 0 Å². The van der Waals surface area contributed by atoms with Gasteiger partial charge in [-0.2, -0.15) is 0 Å². The maximum Gasteiger partial charge on any atom is 0.225 e.